The molecule has 72 valence electrons. The number of anilines is 1. The zero-order valence-corrected chi connectivity index (χ0v) is 8.10. The molecule has 0 aromatic carbocycles. The van der Waals surface area contributed by atoms with Crippen LogP contribution in [0, 0.1) is 13.8 Å². The van der Waals surface area contributed by atoms with Gasteiger partial charge in [-0.3, -0.25) is 4.98 Å². The first kappa shape index (κ1) is 8.68. The summed E-state index contributed by atoms with van der Waals surface area (Å²) in [6, 6.07) is 1.98. The summed E-state index contributed by atoms with van der Waals surface area (Å²) in [7, 11) is 0. The maximum Gasteiger partial charge on any atom is 0.174 e. The van der Waals surface area contributed by atoms with Crippen LogP contribution in [0.2, 0.25) is 0 Å². The molecule has 0 spiro atoms. The summed E-state index contributed by atoms with van der Waals surface area (Å²) >= 11 is 0. The minimum absolute atomic E-state index is 0.398. The monoisotopic (exact) mass is 189 g/mol. The van der Waals surface area contributed by atoms with Crippen molar-refractivity contribution < 1.29 is 0 Å². The van der Waals surface area contributed by atoms with Crippen LogP contribution < -0.4 is 5.73 Å². The minimum atomic E-state index is 0.398. The summed E-state index contributed by atoms with van der Waals surface area (Å²) in [6.45, 7) is 3.90. The number of nitrogen functional groups attached to an aromatic ring is 1. The Kier molecular flexibility index (Phi) is 1.92. The molecule has 0 aliphatic rings. The van der Waals surface area contributed by atoms with Gasteiger partial charge in [-0.15, -0.1) is 0 Å². The van der Waals surface area contributed by atoms with E-state index in [4.69, 9.17) is 5.73 Å². The molecule has 5 nitrogen and oxygen atoms in total. The third-order valence-electron chi connectivity index (χ3n) is 1.87. The Hall–Kier alpha value is -1.91. The fourth-order valence-electron chi connectivity index (χ4n) is 1.33. The molecule has 0 unspecified atom stereocenters. The molecule has 5 heteroatoms. The van der Waals surface area contributed by atoms with Gasteiger partial charge in [0.05, 0.1) is 18.1 Å². The molecule has 14 heavy (non-hydrogen) atoms. The van der Waals surface area contributed by atoms with Crippen molar-refractivity contribution >= 4 is 5.82 Å². The van der Waals surface area contributed by atoms with Gasteiger partial charge in [-0.1, -0.05) is 0 Å². The van der Waals surface area contributed by atoms with Gasteiger partial charge in [0.1, 0.15) is 5.82 Å². The van der Waals surface area contributed by atoms with Gasteiger partial charge in [0, 0.05) is 5.69 Å². The molecule has 0 fully saturated rings. The van der Waals surface area contributed by atoms with Gasteiger partial charge in [0.15, 0.2) is 5.82 Å². The van der Waals surface area contributed by atoms with Gasteiger partial charge in [0.25, 0.3) is 0 Å². The highest BCUT2D eigenvalue weighted by Crippen LogP contribution is 2.09. The lowest BCUT2D eigenvalue weighted by atomic mass is 10.4. The first-order valence-corrected chi connectivity index (χ1v) is 4.28. The van der Waals surface area contributed by atoms with Crippen LogP contribution in [0.1, 0.15) is 11.4 Å². The standard InChI is InChI=1S/C9H11N5/c1-6-3-7(2)14(13-6)9-5-11-4-8(10)12-9/h3-5H,1-2H3,(H2,10,12). The molecule has 2 heterocycles. The molecule has 0 aliphatic heterocycles. The summed E-state index contributed by atoms with van der Waals surface area (Å²) in [5, 5.41) is 4.28. The van der Waals surface area contributed by atoms with Gasteiger partial charge in [-0.05, 0) is 19.9 Å². The van der Waals surface area contributed by atoms with Crippen molar-refractivity contribution in [1.82, 2.24) is 19.7 Å². The quantitative estimate of drug-likeness (QED) is 0.722. The Morgan fingerprint density at radius 3 is 2.64 bits per heavy atom. The van der Waals surface area contributed by atoms with Gasteiger partial charge >= 0.3 is 0 Å². The van der Waals surface area contributed by atoms with Crippen LogP contribution in [0.3, 0.4) is 0 Å². The van der Waals surface area contributed by atoms with Gasteiger partial charge < -0.3 is 5.73 Å². The summed E-state index contributed by atoms with van der Waals surface area (Å²) < 4.78 is 1.72. The number of aryl methyl sites for hydroxylation is 2. The lowest BCUT2D eigenvalue weighted by Crippen LogP contribution is -2.04. The van der Waals surface area contributed by atoms with Crippen molar-refractivity contribution in [3.8, 4) is 5.82 Å². The number of hydrogen-bond acceptors (Lipinski definition) is 4. The molecule has 0 aliphatic carbocycles. The minimum Gasteiger partial charge on any atom is -0.382 e. The third-order valence-corrected chi connectivity index (χ3v) is 1.87. The van der Waals surface area contributed by atoms with Crippen LogP contribution in [-0.4, -0.2) is 19.7 Å². The molecular formula is C9H11N5. The lowest BCUT2D eigenvalue weighted by Gasteiger charge is -2.02. The lowest BCUT2D eigenvalue weighted by molar-refractivity contribution is 0.801. The normalized spacial score (nSPS) is 10.4. The van der Waals surface area contributed by atoms with E-state index in [1.807, 2.05) is 19.9 Å². The van der Waals surface area contributed by atoms with Crippen LogP contribution in [0.4, 0.5) is 5.82 Å². The SMILES string of the molecule is Cc1cc(C)n(-c2cncc(N)n2)n1. The molecule has 0 bridgehead atoms. The summed E-state index contributed by atoms with van der Waals surface area (Å²) in [4.78, 5) is 8.10. The second kappa shape index (κ2) is 3.10. The average Bonchev–Trinajstić information content (AvgIpc) is 2.45. The Morgan fingerprint density at radius 2 is 2.07 bits per heavy atom. The van der Waals surface area contributed by atoms with Crippen molar-refractivity contribution in [3.63, 3.8) is 0 Å². The smallest absolute Gasteiger partial charge is 0.174 e. The Balaban J connectivity index is 2.54. The molecule has 2 N–H and O–H groups in total. The van der Waals surface area contributed by atoms with E-state index >= 15 is 0 Å². The van der Waals surface area contributed by atoms with E-state index < -0.39 is 0 Å². The zero-order valence-electron chi connectivity index (χ0n) is 8.10. The fourth-order valence-corrected chi connectivity index (χ4v) is 1.33. The van der Waals surface area contributed by atoms with Crippen LogP contribution >= 0.6 is 0 Å². The molecule has 0 saturated carbocycles. The van der Waals surface area contributed by atoms with Gasteiger partial charge in [-0.2, -0.15) is 5.10 Å². The first-order valence-electron chi connectivity index (χ1n) is 4.28. The topological polar surface area (TPSA) is 69.6 Å². The number of aromatic nitrogens is 4. The van der Waals surface area contributed by atoms with Crippen molar-refractivity contribution in [2.24, 2.45) is 0 Å². The number of hydrogen-bond donors (Lipinski definition) is 1. The zero-order chi connectivity index (χ0) is 10.1. The molecule has 2 aromatic rings. The highest BCUT2D eigenvalue weighted by Gasteiger charge is 2.04. The predicted molar refractivity (Wildman–Crippen MR) is 53.0 cm³/mol. The third kappa shape index (κ3) is 1.44. The van der Waals surface area contributed by atoms with Gasteiger partial charge in [-0.25, -0.2) is 9.67 Å². The highest BCUT2D eigenvalue weighted by atomic mass is 15.3. The molecule has 2 aromatic heterocycles. The van der Waals surface area contributed by atoms with E-state index in [9.17, 15) is 0 Å². The largest absolute Gasteiger partial charge is 0.382 e. The maximum absolute atomic E-state index is 5.54. The second-order valence-corrected chi connectivity index (χ2v) is 3.14. The van der Waals surface area contributed by atoms with E-state index in [-0.39, 0.29) is 0 Å². The molecule has 0 amide bonds. The van der Waals surface area contributed by atoms with E-state index in [0.29, 0.717) is 11.6 Å². The van der Waals surface area contributed by atoms with Crippen molar-refractivity contribution in [2.75, 3.05) is 5.73 Å². The van der Waals surface area contributed by atoms with Crippen LogP contribution in [0.15, 0.2) is 18.5 Å². The van der Waals surface area contributed by atoms with E-state index in [2.05, 4.69) is 15.1 Å². The van der Waals surface area contributed by atoms with Crippen LogP contribution in [-0.2, 0) is 0 Å². The number of rotatable bonds is 1. The summed E-state index contributed by atoms with van der Waals surface area (Å²) in [5.74, 6) is 1.05. The van der Waals surface area contributed by atoms with Crippen molar-refractivity contribution in [2.45, 2.75) is 13.8 Å². The second-order valence-electron chi connectivity index (χ2n) is 3.14. The van der Waals surface area contributed by atoms with Crippen LogP contribution in [0.5, 0.6) is 0 Å². The number of nitrogens with two attached hydrogens (primary N) is 1. The van der Waals surface area contributed by atoms with E-state index in [1.54, 1.807) is 10.9 Å². The van der Waals surface area contributed by atoms with Gasteiger partial charge in [0.2, 0.25) is 0 Å². The summed E-state index contributed by atoms with van der Waals surface area (Å²) in [6.07, 6.45) is 3.14. The maximum atomic E-state index is 5.54. The highest BCUT2D eigenvalue weighted by molar-refractivity contribution is 5.31. The summed E-state index contributed by atoms with van der Waals surface area (Å²) in [5.41, 5.74) is 7.50. The van der Waals surface area contributed by atoms with E-state index in [1.165, 1.54) is 6.20 Å². The Bertz CT molecular complexity index is 460. The Labute approximate surface area is 81.6 Å². The predicted octanol–water partition coefficient (Wildman–Crippen LogP) is 0.861. The average molecular weight is 189 g/mol. The fraction of sp³-hybridized carbons (Fsp3) is 0.222. The van der Waals surface area contributed by atoms with Crippen molar-refractivity contribution in [3.05, 3.63) is 29.8 Å². The Morgan fingerprint density at radius 1 is 1.29 bits per heavy atom. The number of nitrogens with zero attached hydrogens (tertiary/aromatic N) is 4. The molecular weight excluding hydrogens is 178 g/mol. The van der Waals surface area contributed by atoms with E-state index in [0.717, 1.165) is 11.4 Å². The van der Waals surface area contributed by atoms with Crippen molar-refractivity contribution in [1.29, 1.82) is 0 Å². The first-order chi connectivity index (χ1) is 6.66. The molecule has 2 rings (SSSR count). The molecule has 0 radical (unpaired) electrons. The molecule has 0 atom stereocenters. The molecule has 0 saturated heterocycles. The van der Waals surface area contributed by atoms with Crippen LogP contribution in [0.25, 0.3) is 5.82 Å².